The van der Waals surface area contributed by atoms with Gasteiger partial charge >= 0.3 is 0 Å². The number of carbonyl (C=O) groups excluding carboxylic acids is 1. The first-order valence-electron chi connectivity index (χ1n) is 4.69. The summed E-state index contributed by atoms with van der Waals surface area (Å²) in [5.74, 6) is -0.0652. The van der Waals surface area contributed by atoms with Gasteiger partial charge in [-0.25, -0.2) is 0 Å². The molecule has 0 radical (unpaired) electrons. The van der Waals surface area contributed by atoms with Crippen molar-refractivity contribution in [1.82, 2.24) is 0 Å². The van der Waals surface area contributed by atoms with Crippen molar-refractivity contribution in [3.63, 3.8) is 0 Å². The van der Waals surface area contributed by atoms with Crippen molar-refractivity contribution in [1.29, 1.82) is 0 Å². The Morgan fingerprint density at radius 2 is 2.00 bits per heavy atom. The van der Waals surface area contributed by atoms with Gasteiger partial charge in [-0.3, -0.25) is 4.79 Å². The van der Waals surface area contributed by atoms with Crippen LogP contribution in [-0.4, -0.2) is 5.78 Å². The van der Waals surface area contributed by atoms with Crippen LogP contribution < -0.4 is 0 Å². The summed E-state index contributed by atoms with van der Waals surface area (Å²) in [6.07, 6.45) is 5.66. The molecule has 0 aliphatic rings. The van der Waals surface area contributed by atoms with Crippen LogP contribution in [0.2, 0.25) is 0 Å². The maximum absolute atomic E-state index is 10.9. The standard InChI is InChI=1S/C13H14O/c1-3-11-5-7-12(8-6-11)9-10-13(14)4-2/h4-10H,2-3H2,1H3/b10-9+. The number of rotatable bonds is 4. The maximum atomic E-state index is 10.9. The lowest BCUT2D eigenvalue weighted by Crippen LogP contribution is -1.83. The van der Waals surface area contributed by atoms with E-state index in [4.69, 9.17) is 0 Å². The Kier molecular flexibility index (Phi) is 3.86. The van der Waals surface area contributed by atoms with E-state index in [9.17, 15) is 4.79 Å². The summed E-state index contributed by atoms with van der Waals surface area (Å²) in [6, 6.07) is 8.15. The van der Waals surface area contributed by atoms with E-state index in [1.54, 1.807) is 6.08 Å². The van der Waals surface area contributed by atoms with Gasteiger partial charge in [0, 0.05) is 0 Å². The molecule has 0 aliphatic heterocycles. The topological polar surface area (TPSA) is 17.1 Å². The molecule has 0 bridgehead atoms. The van der Waals surface area contributed by atoms with Gasteiger partial charge in [0.25, 0.3) is 0 Å². The number of carbonyl (C=O) groups is 1. The molecule has 0 unspecified atom stereocenters. The SMILES string of the molecule is C=CC(=O)/C=C/c1ccc(CC)cc1. The van der Waals surface area contributed by atoms with E-state index >= 15 is 0 Å². The summed E-state index contributed by atoms with van der Waals surface area (Å²) in [6.45, 7) is 5.52. The van der Waals surface area contributed by atoms with Crippen LogP contribution in [0.15, 0.2) is 43.0 Å². The molecule has 0 saturated heterocycles. The van der Waals surface area contributed by atoms with Crippen LogP contribution in [0.3, 0.4) is 0 Å². The molecule has 0 spiro atoms. The molecule has 1 rings (SSSR count). The third-order valence-corrected chi connectivity index (χ3v) is 2.03. The van der Waals surface area contributed by atoms with Crippen molar-refractivity contribution in [3.05, 3.63) is 54.1 Å². The van der Waals surface area contributed by atoms with Gasteiger partial charge in [0.15, 0.2) is 5.78 Å². The molecule has 1 aromatic carbocycles. The van der Waals surface area contributed by atoms with Crippen molar-refractivity contribution >= 4 is 11.9 Å². The molecule has 14 heavy (non-hydrogen) atoms. The second-order valence-electron chi connectivity index (χ2n) is 3.03. The summed E-state index contributed by atoms with van der Waals surface area (Å²) < 4.78 is 0. The molecule has 0 aromatic heterocycles. The molecule has 0 amide bonds. The fourth-order valence-electron chi connectivity index (χ4n) is 1.11. The normalized spacial score (nSPS) is 10.4. The van der Waals surface area contributed by atoms with Gasteiger partial charge in [-0.15, -0.1) is 0 Å². The highest BCUT2D eigenvalue weighted by Gasteiger charge is 1.90. The molecule has 1 nitrogen and oxygen atoms in total. The predicted molar refractivity (Wildman–Crippen MR) is 60.1 cm³/mol. The van der Waals surface area contributed by atoms with Crippen LogP contribution in [0.4, 0.5) is 0 Å². The lowest BCUT2D eigenvalue weighted by atomic mass is 10.1. The zero-order chi connectivity index (χ0) is 10.4. The van der Waals surface area contributed by atoms with Crippen LogP contribution in [0.5, 0.6) is 0 Å². The number of aryl methyl sites for hydroxylation is 1. The fraction of sp³-hybridized carbons (Fsp3) is 0.154. The molecule has 0 atom stereocenters. The third kappa shape index (κ3) is 3.02. The smallest absolute Gasteiger partial charge is 0.178 e. The highest BCUT2D eigenvalue weighted by Crippen LogP contribution is 2.06. The van der Waals surface area contributed by atoms with Crippen molar-refractivity contribution < 1.29 is 4.79 Å². The minimum Gasteiger partial charge on any atom is -0.290 e. The third-order valence-electron chi connectivity index (χ3n) is 2.03. The van der Waals surface area contributed by atoms with E-state index in [2.05, 4.69) is 25.6 Å². The van der Waals surface area contributed by atoms with Crippen molar-refractivity contribution in [2.75, 3.05) is 0 Å². The zero-order valence-corrected chi connectivity index (χ0v) is 8.36. The Labute approximate surface area is 84.8 Å². The monoisotopic (exact) mass is 186 g/mol. The van der Waals surface area contributed by atoms with E-state index in [1.807, 2.05) is 12.1 Å². The average molecular weight is 186 g/mol. The Morgan fingerprint density at radius 1 is 1.36 bits per heavy atom. The van der Waals surface area contributed by atoms with Gasteiger partial charge in [0.1, 0.15) is 0 Å². The Morgan fingerprint density at radius 3 is 2.50 bits per heavy atom. The van der Waals surface area contributed by atoms with Crippen LogP contribution >= 0.6 is 0 Å². The minimum atomic E-state index is -0.0652. The minimum absolute atomic E-state index is 0.0652. The second kappa shape index (κ2) is 5.18. The predicted octanol–water partition coefficient (Wildman–Crippen LogP) is 3.02. The molecule has 0 fully saturated rings. The maximum Gasteiger partial charge on any atom is 0.178 e. The van der Waals surface area contributed by atoms with E-state index in [0.29, 0.717) is 0 Å². The highest BCUT2D eigenvalue weighted by atomic mass is 16.1. The molecule has 0 saturated carbocycles. The molecule has 1 heteroatoms. The first kappa shape index (κ1) is 10.5. The molecule has 0 N–H and O–H groups in total. The van der Waals surface area contributed by atoms with Gasteiger partial charge in [-0.2, -0.15) is 0 Å². The summed E-state index contributed by atoms with van der Waals surface area (Å²) in [4.78, 5) is 10.9. The van der Waals surface area contributed by atoms with Crippen molar-refractivity contribution in [3.8, 4) is 0 Å². The molecular formula is C13H14O. The number of benzene rings is 1. The van der Waals surface area contributed by atoms with Crippen molar-refractivity contribution in [2.24, 2.45) is 0 Å². The lowest BCUT2D eigenvalue weighted by Gasteiger charge is -1.96. The van der Waals surface area contributed by atoms with E-state index < -0.39 is 0 Å². The van der Waals surface area contributed by atoms with Gasteiger partial charge < -0.3 is 0 Å². The number of allylic oxidation sites excluding steroid dienone is 2. The van der Waals surface area contributed by atoms with Crippen LogP contribution in [0, 0.1) is 0 Å². The van der Waals surface area contributed by atoms with Gasteiger partial charge in [0.2, 0.25) is 0 Å². The summed E-state index contributed by atoms with van der Waals surface area (Å²) >= 11 is 0. The van der Waals surface area contributed by atoms with Gasteiger partial charge in [-0.05, 0) is 29.7 Å². The summed E-state index contributed by atoms with van der Waals surface area (Å²) in [5, 5.41) is 0. The summed E-state index contributed by atoms with van der Waals surface area (Å²) in [7, 11) is 0. The lowest BCUT2D eigenvalue weighted by molar-refractivity contribution is -0.110. The molecule has 1 aromatic rings. The summed E-state index contributed by atoms with van der Waals surface area (Å²) in [5.41, 5.74) is 2.34. The molecular weight excluding hydrogens is 172 g/mol. The first-order chi connectivity index (χ1) is 6.76. The van der Waals surface area contributed by atoms with E-state index in [-0.39, 0.29) is 5.78 Å². The zero-order valence-electron chi connectivity index (χ0n) is 8.36. The number of ketones is 1. The fourth-order valence-corrected chi connectivity index (χ4v) is 1.11. The largest absolute Gasteiger partial charge is 0.290 e. The molecule has 0 aliphatic carbocycles. The van der Waals surface area contributed by atoms with Gasteiger partial charge in [-0.1, -0.05) is 43.8 Å². The van der Waals surface area contributed by atoms with Crippen LogP contribution in [0.1, 0.15) is 18.1 Å². The number of hydrogen-bond acceptors (Lipinski definition) is 1. The Bertz CT molecular complexity index is 344. The molecule has 0 heterocycles. The van der Waals surface area contributed by atoms with Gasteiger partial charge in [0.05, 0.1) is 0 Å². The van der Waals surface area contributed by atoms with Crippen LogP contribution in [0.25, 0.3) is 6.08 Å². The van der Waals surface area contributed by atoms with Crippen LogP contribution in [-0.2, 0) is 11.2 Å². The average Bonchev–Trinajstić information content (AvgIpc) is 2.26. The van der Waals surface area contributed by atoms with E-state index in [1.165, 1.54) is 17.7 Å². The first-order valence-corrected chi connectivity index (χ1v) is 4.69. The highest BCUT2D eigenvalue weighted by molar-refractivity contribution is 6.01. The quantitative estimate of drug-likeness (QED) is 0.660. The Balaban J connectivity index is 2.73. The van der Waals surface area contributed by atoms with Crippen molar-refractivity contribution in [2.45, 2.75) is 13.3 Å². The molecule has 72 valence electrons. The Hall–Kier alpha value is -1.63. The van der Waals surface area contributed by atoms with E-state index in [0.717, 1.165) is 12.0 Å². The number of hydrogen-bond donors (Lipinski definition) is 0. The second-order valence-corrected chi connectivity index (χ2v) is 3.03.